The molecule has 92 valence electrons. The average molecular weight is 223 g/mol. The van der Waals surface area contributed by atoms with Crippen LogP contribution in [0.5, 0.6) is 0 Å². The van der Waals surface area contributed by atoms with E-state index in [-0.39, 0.29) is 0 Å². The van der Waals surface area contributed by atoms with Gasteiger partial charge < -0.3 is 10.2 Å². The Morgan fingerprint density at radius 2 is 1.81 bits per heavy atom. The molecule has 1 saturated carbocycles. The average Bonchev–Trinajstić information content (AvgIpc) is 2.78. The number of likely N-dealkylation sites (N-methyl/N-ethyl adjacent to an activating group) is 1. The van der Waals surface area contributed by atoms with Crippen LogP contribution in [0.25, 0.3) is 0 Å². The van der Waals surface area contributed by atoms with E-state index in [9.17, 15) is 0 Å². The van der Waals surface area contributed by atoms with Gasteiger partial charge in [-0.05, 0) is 44.8 Å². The van der Waals surface area contributed by atoms with Gasteiger partial charge in [-0.3, -0.25) is 4.90 Å². The molecule has 0 spiro atoms. The van der Waals surface area contributed by atoms with Crippen molar-refractivity contribution in [3.63, 3.8) is 0 Å². The van der Waals surface area contributed by atoms with Crippen molar-refractivity contribution in [1.29, 1.82) is 0 Å². The molecule has 0 aromatic carbocycles. The fraction of sp³-hybridized carbons (Fsp3) is 1.00. The van der Waals surface area contributed by atoms with Gasteiger partial charge in [-0.15, -0.1) is 0 Å². The summed E-state index contributed by atoms with van der Waals surface area (Å²) in [6, 6.07) is 0.891. The van der Waals surface area contributed by atoms with Gasteiger partial charge >= 0.3 is 0 Å². The van der Waals surface area contributed by atoms with Crippen LogP contribution >= 0.6 is 0 Å². The second-order valence-electron chi connectivity index (χ2n) is 5.92. The second kappa shape index (κ2) is 4.63. The molecule has 3 rings (SSSR count). The minimum absolute atomic E-state index is 0.891. The molecule has 0 aromatic heterocycles. The number of nitrogens with one attached hydrogen (secondary N) is 1. The van der Waals surface area contributed by atoms with Crippen LogP contribution in [0.15, 0.2) is 0 Å². The summed E-state index contributed by atoms with van der Waals surface area (Å²) in [7, 11) is 2.25. The largest absolute Gasteiger partial charge is 0.316 e. The Kier molecular flexibility index (Phi) is 3.18. The van der Waals surface area contributed by atoms with Crippen molar-refractivity contribution < 1.29 is 0 Å². The maximum atomic E-state index is 3.61. The van der Waals surface area contributed by atoms with Gasteiger partial charge in [0.15, 0.2) is 0 Å². The van der Waals surface area contributed by atoms with Crippen LogP contribution in [-0.2, 0) is 0 Å². The van der Waals surface area contributed by atoms with E-state index in [0.29, 0.717) is 0 Å². The van der Waals surface area contributed by atoms with Gasteiger partial charge in [0.2, 0.25) is 0 Å². The molecule has 3 atom stereocenters. The molecule has 3 fully saturated rings. The van der Waals surface area contributed by atoms with E-state index in [1.807, 2.05) is 0 Å². The van der Waals surface area contributed by atoms with Gasteiger partial charge in [0.1, 0.15) is 0 Å². The second-order valence-corrected chi connectivity index (χ2v) is 5.92. The third-order valence-corrected chi connectivity index (χ3v) is 4.97. The van der Waals surface area contributed by atoms with Crippen LogP contribution in [0.1, 0.15) is 19.3 Å². The first-order chi connectivity index (χ1) is 7.84. The van der Waals surface area contributed by atoms with E-state index in [1.165, 1.54) is 58.5 Å². The Hall–Kier alpha value is -0.120. The lowest BCUT2D eigenvalue weighted by molar-refractivity contribution is 0.0494. The van der Waals surface area contributed by atoms with Gasteiger partial charge in [0, 0.05) is 32.2 Å². The van der Waals surface area contributed by atoms with Crippen molar-refractivity contribution in [2.75, 3.05) is 46.3 Å². The zero-order chi connectivity index (χ0) is 11.0. The summed E-state index contributed by atoms with van der Waals surface area (Å²) in [5.74, 6) is 1.94. The summed E-state index contributed by atoms with van der Waals surface area (Å²) in [5.41, 5.74) is 0. The summed E-state index contributed by atoms with van der Waals surface area (Å²) in [6.07, 6.45) is 4.38. The summed E-state index contributed by atoms with van der Waals surface area (Å²) in [6.45, 7) is 7.69. The number of hydrogen-bond acceptors (Lipinski definition) is 3. The summed E-state index contributed by atoms with van der Waals surface area (Å²) in [4.78, 5) is 5.24. The number of nitrogens with zero attached hydrogens (tertiary/aromatic N) is 2. The van der Waals surface area contributed by atoms with Crippen molar-refractivity contribution in [2.24, 2.45) is 11.8 Å². The lowest BCUT2D eigenvalue weighted by Crippen LogP contribution is -2.53. The van der Waals surface area contributed by atoms with E-state index in [2.05, 4.69) is 22.2 Å². The van der Waals surface area contributed by atoms with E-state index in [0.717, 1.165) is 17.9 Å². The van der Waals surface area contributed by atoms with Crippen LogP contribution in [0, 0.1) is 11.8 Å². The standard InChI is InChI=1S/C13H25N3/c1-15-5-7-16(8-6-15)13-4-2-3-11-9-14-10-12(11)13/h11-14H,2-10H2,1H3/t11-,12-,13+/m0/s1. The molecule has 0 bridgehead atoms. The van der Waals surface area contributed by atoms with Crippen LogP contribution in [-0.4, -0.2) is 62.2 Å². The van der Waals surface area contributed by atoms with Crippen molar-refractivity contribution in [2.45, 2.75) is 25.3 Å². The molecule has 0 radical (unpaired) electrons. The van der Waals surface area contributed by atoms with Gasteiger partial charge in [0.05, 0.1) is 0 Å². The molecule has 3 nitrogen and oxygen atoms in total. The van der Waals surface area contributed by atoms with Crippen molar-refractivity contribution >= 4 is 0 Å². The lowest BCUT2D eigenvalue weighted by atomic mass is 9.77. The first-order valence-electron chi connectivity index (χ1n) is 6.98. The molecular formula is C13H25N3. The zero-order valence-corrected chi connectivity index (χ0v) is 10.5. The van der Waals surface area contributed by atoms with Crippen LogP contribution in [0.4, 0.5) is 0 Å². The molecule has 2 heterocycles. The monoisotopic (exact) mass is 223 g/mol. The first kappa shape index (κ1) is 11.0. The smallest absolute Gasteiger partial charge is 0.0140 e. The van der Waals surface area contributed by atoms with Gasteiger partial charge in [-0.2, -0.15) is 0 Å². The fourth-order valence-electron chi connectivity index (χ4n) is 3.93. The van der Waals surface area contributed by atoms with Gasteiger partial charge in [0.25, 0.3) is 0 Å². The Balaban J connectivity index is 1.64. The zero-order valence-electron chi connectivity index (χ0n) is 10.5. The number of hydrogen-bond donors (Lipinski definition) is 1. The maximum absolute atomic E-state index is 3.61. The quantitative estimate of drug-likeness (QED) is 0.703. The topological polar surface area (TPSA) is 18.5 Å². The number of piperazine rings is 1. The highest BCUT2D eigenvalue weighted by Crippen LogP contribution is 2.35. The Labute approximate surface area is 99.2 Å². The summed E-state index contributed by atoms with van der Waals surface area (Å²) < 4.78 is 0. The van der Waals surface area contributed by atoms with Crippen molar-refractivity contribution in [3.8, 4) is 0 Å². The first-order valence-corrected chi connectivity index (χ1v) is 6.98. The maximum Gasteiger partial charge on any atom is 0.0140 e. The molecule has 3 aliphatic rings. The summed E-state index contributed by atoms with van der Waals surface area (Å²) in [5, 5.41) is 3.61. The predicted octanol–water partition coefficient (Wildman–Crippen LogP) is 0.622. The van der Waals surface area contributed by atoms with Crippen molar-refractivity contribution in [3.05, 3.63) is 0 Å². The highest BCUT2D eigenvalue weighted by Gasteiger charge is 2.39. The molecule has 0 aromatic rings. The van der Waals surface area contributed by atoms with Crippen LogP contribution in [0.3, 0.4) is 0 Å². The molecule has 16 heavy (non-hydrogen) atoms. The third kappa shape index (κ3) is 2.01. The van der Waals surface area contributed by atoms with E-state index < -0.39 is 0 Å². The van der Waals surface area contributed by atoms with Gasteiger partial charge in [-0.25, -0.2) is 0 Å². The minimum atomic E-state index is 0.891. The normalized spacial score (nSPS) is 42.2. The number of rotatable bonds is 1. The molecular weight excluding hydrogens is 198 g/mol. The highest BCUT2D eigenvalue weighted by atomic mass is 15.3. The molecule has 0 amide bonds. The minimum Gasteiger partial charge on any atom is -0.316 e. The summed E-state index contributed by atoms with van der Waals surface area (Å²) >= 11 is 0. The Bertz CT molecular complexity index is 235. The van der Waals surface area contributed by atoms with E-state index >= 15 is 0 Å². The molecule has 2 saturated heterocycles. The SMILES string of the molecule is CN1CCN([C@@H]2CCC[C@H]3CNC[C@@H]32)CC1. The van der Waals surface area contributed by atoms with Crippen LogP contribution in [0.2, 0.25) is 0 Å². The van der Waals surface area contributed by atoms with E-state index in [1.54, 1.807) is 0 Å². The van der Waals surface area contributed by atoms with Crippen molar-refractivity contribution in [1.82, 2.24) is 15.1 Å². The fourth-order valence-corrected chi connectivity index (χ4v) is 3.93. The predicted molar refractivity (Wildman–Crippen MR) is 66.6 cm³/mol. The van der Waals surface area contributed by atoms with E-state index in [4.69, 9.17) is 0 Å². The molecule has 2 aliphatic heterocycles. The third-order valence-electron chi connectivity index (χ3n) is 4.97. The molecule has 1 N–H and O–H groups in total. The Morgan fingerprint density at radius 3 is 2.62 bits per heavy atom. The Morgan fingerprint density at radius 1 is 1.00 bits per heavy atom. The molecule has 3 heteroatoms. The highest BCUT2D eigenvalue weighted by molar-refractivity contribution is 4.95. The lowest BCUT2D eigenvalue weighted by Gasteiger charge is -2.44. The molecule has 0 unspecified atom stereocenters. The van der Waals surface area contributed by atoms with Gasteiger partial charge in [-0.1, -0.05) is 6.42 Å². The van der Waals surface area contributed by atoms with Crippen LogP contribution < -0.4 is 5.32 Å². The number of fused-ring (bicyclic) bond motifs is 1. The molecule has 1 aliphatic carbocycles.